The number of amides is 2. The molecular weight excluding hydrogens is 382 g/mol. The lowest BCUT2D eigenvalue weighted by Crippen LogP contribution is -2.23. The molecule has 4 rings (SSSR count). The lowest BCUT2D eigenvalue weighted by molar-refractivity contribution is -0.123. The molecule has 1 atom stereocenters. The van der Waals surface area contributed by atoms with Gasteiger partial charge in [0.25, 0.3) is 5.91 Å². The molecule has 1 aromatic heterocycles. The van der Waals surface area contributed by atoms with Crippen LogP contribution in [0.3, 0.4) is 0 Å². The molecule has 1 unspecified atom stereocenters. The van der Waals surface area contributed by atoms with Gasteiger partial charge < -0.3 is 15.4 Å². The van der Waals surface area contributed by atoms with Crippen LogP contribution in [0.25, 0.3) is 11.1 Å². The third-order valence-corrected chi connectivity index (χ3v) is 4.62. The monoisotopic (exact) mass is 398 g/mol. The first-order valence-electron chi connectivity index (χ1n) is 8.74. The van der Waals surface area contributed by atoms with Gasteiger partial charge in [0.15, 0.2) is 11.6 Å². The Hall–Kier alpha value is -3.75. The Morgan fingerprint density at radius 3 is 2.66 bits per heavy atom. The Labute approximate surface area is 164 Å². The summed E-state index contributed by atoms with van der Waals surface area (Å²) in [5.74, 6) is -1.78. The highest BCUT2D eigenvalue weighted by atomic mass is 19.2. The number of methoxy groups -OCH3 is 1. The van der Waals surface area contributed by atoms with Crippen molar-refractivity contribution in [2.24, 2.45) is 0 Å². The van der Waals surface area contributed by atoms with Gasteiger partial charge >= 0.3 is 0 Å². The van der Waals surface area contributed by atoms with Crippen LogP contribution >= 0.6 is 0 Å². The van der Waals surface area contributed by atoms with Crippen molar-refractivity contribution in [3.8, 4) is 16.9 Å². The second-order valence-corrected chi connectivity index (χ2v) is 6.47. The third-order valence-electron chi connectivity index (χ3n) is 4.62. The second kappa shape index (κ2) is 7.34. The highest BCUT2D eigenvalue weighted by molar-refractivity contribution is 6.04. The smallest absolute Gasteiger partial charge is 0.251 e. The van der Waals surface area contributed by atoms with Crippen LogP contribution in [0, 0.1) is 11.6 Å². The van der Waals surface area contributed by atoms with E-state index in [0.717, 1.165) is 17.7 Å². The molecule has 0 saturated carbocycles. The normalized spacial score (nSPS) is 15.0. The Morgan fingerprint density at radius 2 is 1.97 bits per heavy atom. The molecule has 0 bridgehead atoms. The van der Waals surface area contributed by atoms with E-state index in [2.05, 4.69) is 15.7 Å². The number of aromatic nitrogens is 2. The van der Waals surface area contributed by atoms with E-state index in [4.69, 9.17) is 4.74 Å². The number of hydrogen-bond acceptors (Lipinski definition) is 4. The molecule has 7 nitrogen and oxygen atoms in total. The maximum atomic E-state index is 13.3. The predicted octanol–water partition coefficient (Wildman–Crippen LogP) is 3.36. The number of rotatable bonds is 5. The molecule has 1 aliphatic heterocycles. The van der Waals surface area contributed by atoms with E-state index in [1.165, 1.54) is 10.7 Å². The molecule has 0 spiro atoms. The first-order valence-corrected chi connectivity index (χ1v) is 8.74. The highest BCUT2D eigenvalue weighted by Crippen LogP contribution is 2.36. The minimum Gasteiger partial charge on any atom is -0.497 e. The number of halogens is 2. The fraction of sp³-hybridized carbons (Fsp3) is 0.150. The maximum absolute atomic E-state index is 13.3. The Kier molecular flexibility index (Phi) is 4.71. The van der Waals surface area contributed by atoms with Gasteiger partial charge in [-0.15, -0.1) is 0 Å². The zero-order chi connectivity index (χ0) is 20.5. The van der Waals surface area contributed by atoms with Crippen molar-refractivity contribution in [2.45, 2.75) is 12.5 Å². The molecule has 0 radical (unpaired) electrons. The minimum atomic E-state index is -1.07. The van der Waals surface area contributed by atoms with E-state index >= 15 is 0 Å². The van der Waals surface area contributed by atoms with E-state index in [0.29, 0.717) is 17.1 Å². The summed E-state index contributed by atoms with van der Waals surface area (Å²) in [6.07, 6.45) is 1.40. The molecule has 3 aromatic rings. The van der Waals surface area contributed by atoms with E-state index in [9.17, 15) is 18.4 Å². The summed E-state index contributed by atoms with van der Waals surface area (Å²) in [6, 6.07) is 9.46. The number of hydrogen-bond donors (Lipinski definition) is 2. The summed E-state index contributed by atoms with van der Waals surface area (Å²) < 4.78 is 32.9. The summed E-state index contributed by atoms with van der Waals surface area (Å²) in [7, 11) is 1.57. The van der Waals surface area contributed by atoms with Gasteiger partial charge in [0.05, 0.1) is 19.7 Å². The molecule has 0 fully saturated rings. The summed E-state index contributed by atoms with van der Waals surface area (Å²) in [5, 5.41) is 9.45. The molecule has 0 aliphatic carbocycles. The van der Waals surface area contributed by atoms with Gasteiger partial charge in [0.2, 0.25) is 5.91 Å². The lowest BCUT2D eigenvalue weighted by Gasteiger charge is -2.10. The molecule has 148 valence electrons. The molecule has 9 heteroatoms. The van der Waals surface area contributed by atoms with Crippen molar-refractivity contribution < 1.29 is 23.1 Å². The van der Waals surface area contributed by atoms with E-state index in [-0.39, 0.29) is 18.0 Å². The number of anilines is 2. The fourth-order valence-electron chi connectivity index (χ4n) is 3.16. The SMILES string of the molecule is COc1ccc(-c2cnn3c2NC(=O)C3CC(=O)Nc2ccc(F)c(F)c2)cc1. The molecule has 2 heterocycles. The van der Waals surface area contributed by atoms with E-state index in [1.54, 1.807) is 25.4 Å². The standard InChI is InChI=1S/C20H16F2N4O3/c1-29-13-5-2-11(3-6-13)14-10-23-26-17(20(28)25-19(14)26)9-18(27)24-12-4-7-15(21)16(22)8-12/h2-8,10,17H,9H2,1H3,(H,24,27)(H,25,28). The second-order valence-electron chi connectivity index (χ2n) is 6.47. The number of carbonyl (C=O) groups is 2. The molecule has 29 heavy (non-hydrogen) atoms. The van der Waals surface area contributed by atoms with Crippen molar-refractivity contribution in [1.82, 2.24) is 9.78 Å². The number of nitrogens with zero attached hydrogens (tertiary/aromatic N) is 2. The molecule has 0 saturated heterocycles. The number of nitrogens with one attached hydrogen (secondary N) is 2. The van der Waals surface area contributed by atoms with Gasteiger partial charge in [-0.25, -0.2) is 13.5 Å². The van der Waals surface area contributed by atoms with Crippen molar-refractivity contribution >= 4 is 23.3 Å². The number of carbonyl (C=O) groups excluding carboxylic acids is 2. The van der Waals surface area contributed by atoms with Gasteiger partial charge in [0.1, 0.15) is 17.6 Å². The molecule has 1 aliphatic rings. The largest absolute Gasteiger partial charge is 0.497 e. The van der Waals surface area contributed by atoms with Gasteiger partial charge in [-0.3, -0.25) is 9.59 Å². The molecule has 2 aromatic carbocycles. The number of ether oxygens (including phenoxy) is 1. The highest BCUT2D eigenvalue weighted by Gasteiger charge is 2.35. The van der Waals surface area contributed by atoms with Crippen LogP contribution in [-0.4, -0.2) is 28.7 Å². The van der Waals surface area contributed by atoms with Gasteiger partial charge in [-0.1, -0.05) is 12.1 Å². The Morgan fingerprint density at radius 1 is 1.21 bits per heavy atom. The van der Waals surface area contributed by atoms with Crippen LogP contribution in [-0.2, 0) is 9.59 Å². The molecular formula is C20H16F2N4O3. The zero-order valence-electron chi connectivity index (χ0n) is 15.3. The van der Waals surface area contributed by atoms with Gasteiger partial charge in [-0.2, -0.15) is 5.10 Å². The average molecular weight is 398 g/mol. The predicted molar refractivity (Wildman–Crippen MR) is 101 cm³/mol. The van der Waals surface area contributed by atoms with Crippen molar-refractivity contribution in [1.29, 1.82) is 0 Å². The lowest BCUT2D eigenvalue weighted by atomic mass is 10.1. The summed E-state index contributed by atoms with van der Waals surface area (Å²) in [6.45, 7) is 0. The summed E-state index contributed by atoms with van der Waals surface area (Å²) >= 11 is 0. The quantitative estimate of drug-likeness (QED) is 0.690. The number of fused-ring (bicyclic) bond motifs is 1. The fourth-order valence-corrected chi connectivity index (χ4v) is 3.16. The van der Waals surface area contributed by atoms with Crippen LogP contribution in [0.15, 0.2) is 48.7 Å². The van der Waals surface area contributed by atoms with Crippen molar-refractivity contribution in [3.63, 3.8) is 0 Å². The van der Waals surface area contributed by atoms with Crippen molar-refractivity contribution in [2.75, 3.05) is 17.7 Å². The first-order chi connectivity index (χ1) is 14.0. The van der Waals surface area contributed by atoms with Crippen molar-refractivity contribution in [3.05, 3.63) is 60.3 Å². The van der Waals surface area contributed by atoms with Crippen LogP contribution in [0.1, 0.15) is 12.5 Å². The average Bonchev–Trinajstić information content (AvgIpc) is 3.24. The van der Waals surface area contributed by atoms with E-state index < -0.39 is 23.6 Å². The maximum Gasteiger partial charge on any atom is 0.251 e. The minimum absolute atomic E-state index is 0.104. The van der Waals surface area contributed by atoms with Crippen LogP contribution < -0.4 is 15.4 Å². The number of benzene rings is 2. The van der Waals surface area contributed by atoms with Crippen LogP contribution in [0.2, 0.25) is 0 Å². The summed E-state index contributed by atoms with van der Waals surface area (Å²) in [4.78, 5) is 24.7. The summed E-state index contributed by atoms with van der Waals surface area (Å²) in [5.41, 5.74) is 1.65. The molecule has 2 N–H and O–H groups in total. The zero-order valence-corrected chi connectivity index (χ0v) is 15.3. The third kappa shape index (κ3) is 3.54. The Balaban J connectivity index is 1.52. The Bertz CT molecular complexity index is 1100. The van der Waals surface area contributed by atoms with E-state index in [1.807, 2.05) is 12.1 Å². The van der Waals surface area contributed by atoms with Gasteiger partial charge in [-0.05, 0) is 29.8 Å². The van der Waals surface area contributed by atoms with Gasteiger partial charge in [0, 0.05) is 17.3 Å². The van der Waals surface area contributed by atoms with Crippen LogP contribution in [0.5, 0.6) is 5.75 Å². The molecule has 2 amide bonds. The topological polar surface area (TPSA) is 85.2 Å². The van der Waals surface area contributed by atoms with Crippen LogP contribution in [0.4, 0.5) is 20.3 Å². The first kappa shape index (κ1) is 18.6.